The maximum atomic E-state index is 12.7. The fourth-order valence-electron chi connectivity index (χ4n) is 2.96. The molecule has 5 heteroatoms. The summed E-state index contributed by atoms with van der Waals surface area (Å²) in [7, 11) is 3.26. The van der Waals surface area contributed by atoms with E-state index >= 15 is 0 Å². The van der Waals surface area contributed by atoms with Gasteiger partial charge >= 0.3 is 0 Å². The van der Waals surface area contributed by atoms with Crippen LogP contribution in [0.4, 0.5) is 0 Å². The van der Waals surface area contributed by atoms with Gasteiger partial charge in [-0.1, -0.05) is 0 Å². The lowest BCUT2D eigenvalue weighted by Crippen LogP contribution is -2.50. The summed E-state index contributed by atoms with van der Waals surface area (Å²) in [6.07, 6.45) is 2.04. The van der Waals surface area contributed by atoms with E-state index in [0.717, 1.165) is 32.5 Å². The molecule has 0 aromatic carbocycles. The zero-order valence-electron chi connectivity index (χ0n) is 10.3. The second-order valence-electron chi connectivity index (χ2n) is 5.14. The monoisotopic (exact) mass is 270 g/mol. The molecule has 0 saturated carbocycles. The average Bonchev–Trinajstić information content (AvgIpc) is 2.78. The van der Waals surface area contributed by atoms with Crippen molar-refractivity contribution in [1.82, 2.24) is 9.21 Å². The Morgan fingerprint density at radius 1 is 1.29 bits per heavy atom. The van der Waals surface area contributed by atoms with Crippen LogP contribution in [0.2, 0.25) is 0 Å². The lowest BCUT2D eigenvalue weighted by molar-refractivity contribution is 0.228. The number of thiophene rings is 1. The molecule has 1 atom stereocenters. The van der Waals surface area contributed by atoms with Crippen LogP contribution in [0.15, 0.2) is 10.8 Å². The zero-order chi connectivity index (χ0) is 12.0. The van der Waals surface area contributed by atoms with Crippen LogP contribution < -0.4 is 0 Å². The van der Waals surface area contributed by atoms with Gasteiger partial charge in [0.05, 0.1) is 4.75 Å². The molecule has 3 heterocycles. The fraction of sp³-hybridized carbons (Fsp3) is 0.667. The first kappa shape index (κ1) is 11.8. The van der Waals surface area contributed by atoms with Crippen LogP contribution in [-0.4, -0.2) is 40.6 Å². The largest absolute Gasteiger partial charge is 0.306 e. The Hall–Kier alpha value is -0.230. The van der Waals surface area contributed by atoms with Crippen molar-refractivity contribution in [1.29, 1.82) is 0 Å². The van der Waals surface area contributed by atoms with Crippen molar-refractivity contribution < 1.29 is 4.21 Å². The molecule has 0 N–H and O–H groups in total. The zero-order valence-corrected chi connectivity index (χ0v) is 11.9. The molecule has 3 nitrogen and oxygen atoms in total. The molecule has 2 aliphatic heterocycles. The molecule has 17 heavy (non-hydrogen) atoms. The van der Waals surface area contributed by atoms with Gasteiger partial charge in [-0.3, -0.25) is 0 Å². The van der Waals surface area contributed by atoms with Gasteiger partial charge in [0.2, 0.25) is 0 Å². The Bertz CT molecular complexity index is 449. The van der Waals surface area contributed by atoms with Gasteiger partial charge < -0.3 is 4.90 Å². The Morgan fingerprint density at radius 3 is 2.71 bits per heavy atom. The van der Waals surface area contributed by atoms with Crippen molar-refractivity contribution >= 4 is 22.3 Å². The van der Waals surface area contributed by atoms with Crippen LogP contribution in [0, 0.1) is 0 Å². The number of hydrogen-bond donors (Lipinski definition) is 0. The fourth-order valence-corrected chi connectivity index (χ4v) is 5.74. The predicted molar refractivity (Wildman–Crippen MR) is 72.3 cm³/mol. The number of nitrogens with zero attached hydrogens (tertiary/aromatic N) is 2. The minimum absolute atomic E-state index is 0.102. The van der Waals surface area contributed by atoms with Crippen LogP contribution in [0.5, 0.6) is 0 Å². The summed E-state index contributed by atoms with van der Waals surface area (Å²) in [6.45, 7) is 2.94. The third kappa shape index (κ3) is 1.71. The lowest BCUT2D eigenvalue weighted by atomic mass is 9.87. The molecule has 0 bridgehead atoms. The summed E-state index contributed by atoms with van der Waals surface area (Å²) in [5, 5.41) is 4.45. The topological polar surface area (TPSA) is 23.6 Å². The average molecular weight is 270 g/mol. The van der Waals surface area contributed by atoms with E-state index in [1.807, 2.05) is 11.4 Å². The molecule has 1 aromatic rings. The van der Waals surface area contributed by atoms with Crippen LogP contribution in [0.3, 0.4) is 0 Å². The van der Waals surface area contributed by atoms with Crippen LogP contribution in [0.25, 0.3) is 0 Å². The van der Waals surface area contributed by atoms with E-state index in [1.54, 1.807) is 11.3 Å². The van der Waals surface area contributed by atoms with Gasteiger partial charge in [0.25, 0.3) is 0 Å². The van der Waals surface area contributed by atoms with Gasteiger partial charge in [0.1, 0.15) is 11.0 Å². The molecule has 94 valence electrons. The summed E-state index contributed by atoms with van der Waals surface area (Å²) in [4.78, 5) is 2.34. The minimum Gasteiger partial charge on any atom is -0.306 e. The minimum atomic E-state index is -0.871. The van der Waals surface area contributed by atoms with E-state index in [4.69, 9.17) is 0 Å². The highest BCUT2D eigenvalue weighted by Crippen LogP contribution is 2.45. The van der Waals surface area contributed by atoms with Crippen molar-refractivity contribution in [2.75, 3.05) is 27.2 Å². The molecule has 1 saturated heterocycles. The molecule has 1 fully saturated rings. The normalized spacial score (nSPS) is 29.4. The van der Waals surface area contributed by atoms with Crippen molar-refractivity contribution in [3.8, 4) is 0 Å². The Kier molecular flexibility index (Phi) is 2.89. The van der Waals surface area contributed by atoms with E-state index in [0.29, 0.717) is 0 Å². The first-order valence-corrected chi connectivity index (χ1v) is 8.06. The Balaban J connectivity index is 2.05. The molecule has 0 aliphatic carbocycles. The van der Waals surface area contributed by atoms with Crippen molar-refractivity contribution in [2.45, 2.75) is 24.1 Å². The summed E-state index contributed by atoms with van der Waals surface area (Å²) < 4.78 is 14.6. The number of hydrogen-bond acceptors (Lipinski definition) is 3. The van der Waals surface area contributed by atoms with E-state index in [1.165, 1.54) is 11.1 Å². The van der Waals surface area contributed by atoms with Crippen molar-refractivity contribution in [3.63, 3.8) is 0 Å². The Morgan fingerprint density at radius 2 is 2.00 bits per heavy atom. The molecule has 3 rings (SSSR count). The van der Waals surface area contributed by atoms with Gasteiger partial charge in [-0.25, -0.2) is 8.51 Å². The molecule has 2 aliphatic rings. The summed E-state index contributed by atoms with van der Waals surface area (Å²) in [5.41, 5.74) is 2.76. The molecular formula is C12H18N2OS2. The van der Waals surface area contributed by atoms with E-state index in [-0.39, 0.29) is 4.75 Å². The highest BCUT2D eigenvalue weighted by Gasteiger charge is 2.47. The van der Waals surface area contributed by atoms with Crippen LogP contribution >= 0.6 is 11.3 Å². The summed E-state index contributed by atoms with van der Waals surface area (Å²) >= 11 is 1.75. The highest BCUT2D eigenvalue weighted by atomic mass is 32.2. The highest BCUT2D eigenvalue weighted by molar-refractivity contribution is 7.83. The number of likely N-dealkylation sites (tertiary alicyclic amines) is 1. The number of fused-ring (bicyclic) bond motifs is 2. The van der Waals surface area contributed by atoms with Crippen LogP contribution in [0.1, 0.15) is 24.0 Å². The number of piperidine rings is 1. The first-order chi connectivity index (χ1) is 8.13. The summed E-state index contributed by atoms with van der Waals surface area (Å²) in [6, 6.07) is 0. The van der Waals surface area contributed by atoms with Gasteiger partial charge in [-0.15, -0.1) is 0 Å². The molecule has 1 spiro atoms. The molecule has 1 unspecified atom stereocenters. The molecule has 0 amide bonds. The third-order valence-electron chi connectivity index (χ3n) is 4.04. The third-order valence-corrected chi connectivity index (χ3v) is 6.82. The molecular weight excluding hydrogens is 252 g/mol. The Labute approximate surface area is 109 Å². The van der Waals surface area contributed by atoms with Crippen LogP contribution in [-0.2, 0) is 22.3 Å². The van der Waals surface area contributed by atoms with Crippen molar-refractivity contribution in [2.24, 2.45) is 0 Å². The SMILES string of the molecule is CN1CCC2(CC1)c1cscc1CN(C)S2=O. The van der Waals surface area contributed by atoms with Crippen molar-refractivity contribution in [3.05, 3.63) is 21.9 Å². The van der Waals surface area contributed by atoms with Gasteiger partial charge in [0.15, 0.2) is 0 Å². The molecule has 1 aromatic heterocycles. The predicted octanol–water partition coefficient (Wildman–Crippen LogP) is 1.78. The van der Waals surface area contributed by atoms with E-state index in [2.05, 4.69) is 22.7 Å². The quantitative estimate of drug-likeness (QED) is 0.717. The standard InChI is InChI=1S/C12H18N2OS2/c1-13-5-3-12(4-6-13)11-9-16-8-10(11)7-14(2)17(12)15/h8-9H,3-7H2,1-2H3. The van der Waals surface area contributed by atoms with Gasteiger partial charge in [-0.05, 0) is 54.9 Å². The summed E-state index contributed by atoms with van der Waals surface area (Å²) in [5.74, 6) is 0. The lowest BCUT2D eigenvalue weighted by Gasteiger charge is -2.44. The van der Waals surface area contributed by atoms with E-state index < -0.39 is 11.0 Å². The maximum Gasteiger partial charge on any atom is 0.105 e. The molecule has 0 radical (unpaired) electrons. The second kappa shape index (κ2) is 4.16. The second-order valence-corrected chi connectivity index (χ2v) is 7.79. The van der Waals surface area contributed by atoms with E-state index in [9.17, 15) is 4.21 Å². The van der Waals surface area contributed by atoms with Gasteiger partial charge in [-0.2, -0.15) is 11.3 Å². The smallest absolute Gasteiger partial charge is 0.105 e. The maximum absolute atomic E-state index is 12.7. The first-order valence-electron chi connectivity index (χ1n) is 6.01. The van der Waals surface area contributed by atoms with Gasteiger partial charge in [0, 0.05) is 13.6 Å². The number of rotatable bonds is 0.